The molecule has 0 amide bonds. The summed E-state index contributed by atoms with van der Waals surface area (Å²) < 4.78 is 14.2. The van der Waals surface area contributed by atoms with Gasteiger partial charge in [0.25, 0.3) is 0 Å². The van der Waals surface area contributed by atoms with Crippen molar-refractivity contribution in [1.82, 2.24) is 15.2 Å². The second-order valence-corrected chi connectivity index (χ2v) is 4.61. The highest BCUT2D eigenvalue weighted by Crippen LogP contribution is 2.42. The number of hydrogen-bond acceptors (Lipinski definition) is 2. The van der Waals surface area contributed by atoms with Crippen LogP contribution in [0.2, 0.25) is 0 Å². The lowest BCUT2D eigenvalue weighted by Crippen LogP contribution is -1.91. The van der Waals surface area contributed by atoms with E-state index in [2.05, 4.69) is 37.8 Å². The van der Waals surface area contributed by atoms with Crippen molar-refractivity contribution in [2.24, 2.45) is 0 Å². The summed E-state index contributed by atoms with van der Waals surface area (Å²) in [6, 6.07) is 0. The first-order valence-corrected chi connectivity index (χ1v) is 5.53. The third kappa shape index (κ3) is 1.14. The van der Waals surface area contributed by atoms with Gasteiger partial charge in [0.2, 0.25) is 0 Å². The van der Waals surface area contributed by atoms with Crippen molar-refractivity contribution in [3.63, 3.8) is 0 Å². The molecule has 1 saturated carbocycles. The molecule has 0 atom stereocenters. The lowest BCUT2D eigenvalue weighted by molar-refractivity contribution is 0.629. The van der Waals surface area contributed by atoms with Gasteiger partial charge in [0.05, 0.1) is 17.3 Å². The minimum absolute atomic E-state index is 0.344. The minimum atomic E-state index is -0.344. The summed E-state index contributed by atoms with van der Waals surface area (Å²) in [5.41, 5.74) is 1.42. The monoisotopic (exact) mass is 303 g/mol. The fourth-order valence-electron chi connectivity index (χ4n) is 1.65. The highest BCUT2D eigenvalue weighted by atomic mass is 127. The maximum Gasteiger partial charge on any atom is 0.169 e. The number of hydrogen-bond donors (Lipinski definition) is 1. The average molecular weight is 303 g/mol. The van der Waals surface area contributed by atoms with Crippen LogP contribution in [-0.4, -0.2) is 15.2 Å². The van der Waals surface area contributed by atoms with E-state index in [9.17, 15) is 4.39 Å². The van der Waals surface area contributed by atoms with E-state index in [1.54, 1.807) is 0 Å². The lowest BCUT2D eigenvalue weighted by Gasteiger charge is -1.99. The van der Waals surface area contributed by atoms with Crippen LogP contribution in [0.3, 0.4) is 0 Å². The molecule has 0 saturated heterocycles. The van der Waals surface area contributed by atoms with Gasteiger partial charge in [0, 0.05) is 5.92 Å². The Morgan fingerprint density at radius 2 is 2.29 bits per heavy atom. The average Bonchev–Trinajstić information content (AvgIpc) is 2.93. The van der Waals surface area contributed by atoms with Crippen molar-refractivity contribution in [2.75, 3.05) is 0 Å². The molecule has 3 nitrogen and oxygen atoms in total. The first kappa shape index (κ1) is 8.58. The van der Waals surface area contributed by atoms with E-state index in [4.69, 9.17) is 0 Å². The summed E-state index contributed by atoms with van der Waals surface area (Å²) in [4.78, 5) is 4.16. The fourth-order valence-corrected chi connectivity index (χ4v) is 2.30. The second kappa shape index (κ2) is 2.88. The van der Waals surface area contributed by atoms with Crippen LogP contribution in [0.25, 0.3) is 10.9 Å². The molecule has 72 valence electrons. The molecule has 14 heavy (non-hydrogen) atoms. The molecule has 0 radical (unpaired) electrons. The smallest absolute Gasteiger partial charge is 0.169 e. The molecule has 3 rings (SSSR count). The van der Waals surface area contributed by atoms with Gasteiger partial charge in [-0.3, -0.25) is 10.1 Å². The van der Waals surface area contributed by atoms with Gasteiger partial charge in [-0.05, 0) is 35.4 Å². The van der Waals surface area contributed by atoms with Gasteiger partial charge in [0.1, 0.15) is 9.22 Å². The highest BCUT2D eigenvalue weighted by molar-refractivity contribution is 14.1. The van der Waals surface area contributed by atoms with Gasteiger partial charge < -0.3 is 0 Å². The summed E-state index contributed by atoms with van der Waals surface area (Å²) in [6.45, 7) is 0. The summed E-state index contributed by atoms with van der Waals surface area (Å²) in [7, 11) is 0. The minimum Gasteiger partial charge on any atom is -0.271 e. The molecule has 1 N–H and O–H groups in total. The molecule has 1 fully saturated rings. The zero-order chi connectivity index (χ0) is 9.71. The molecular formula is C9H7FIN3. The summed E-state index contributed by atoms with van der Waals surface area (Å²) >= 11 is 2.13. The van der Waals surface area contributed by atoms with Crippen LogP contribution < -0.4 is 0 Å². The Bertz CT molecular complexity index is 504. The normalized spacial score (nSPS) is 16.4. The van der Waals surface area contributed by atoms with Gasteiger partial charge in [-0.2, -0.15) is 5.10 Å². The molecule has 5 heteroatoms. The van der Waals surface area contributed by atoms with Crippen molar-refractivity contribution in [3.8, 4) is 0 Å². The number of aromatic amines is 1. The predicted molar refractivity (Wildman–Crippen MR) is 58.5 cm³/mol. The zero-order valence-electron chi connectivity index (χ0n) is 7.22. The van der Waals surface area contributed by atoms with Crippen molar-refractivity contribution in [1.29, 1.82) is 0 Å². The number of rotatable bonds is 1. The topological polar surface area (TPSA) is 41.6 Å². The van der Waals surface area contributed by atoms with E-state index in [1.165, 1.54) is 6.20 Å². The van der Waals surface area contributed by atoms with Crippen molar-refractivity contribution >= 4 is 33.5 Å². The van der Waals surface area contributed by atoms with Crippen LogP contribution in [0.15, 0.2) is 6.20 Å². The number of aromatic nitrogens is 3. The summed E-state index contributed by atoms with van der Waals surface area (Å²) in [5.74, 6) is 0.174. The van der Waals surface area contributed by atoms with Gasteiger partial charge >= 0.3 is 0 Å². The second-order valence-electron chi connectivity index (χ2n) is 3.53. The zero-order valence-corrected chi connectivity index (χ0v) is 9.38. The van der Waals surface area contributed by atoms with Crippen molar-refractivity contribution in [3.05, 3.63) is 21.4 Å². The predicted octanol–water partition coefficient (Wildman–Crippen LogP) is 2.58. The fraction of sp³-hybridized carbons (Fsp3) is 0.333. The molecule has 1 aliphatic carbocycles. The summed E-state index contributed by atoms with van der Waals surface area (Å²) in [5, 5.41) is 7.61. The Kier molecular flexibility index (Phi) is 1.77. The van der Waals surface area contributed by atoms with Crippen LogP contribution >= 0.6 is 22.6 Å². The SMILES string of the molecule is Fc1cnc(C2CC2)c2c(I)[nH]nc12. The molecule has 0 aliphatic heterocycles. The Morgan fingerprint density at radius 1 is 1.50 bits per heavy atom. The number of halogens is 2. The largest absolute Gasteiger partial charge is 0.271 e. The lowest BCUT2D eigenvalue weighted by atomic mass is 10.2. The van der Waals surface area contributed by atoms with Gasteiger partial charge in [-0.15, -0.1) is 0 Å². The van der Waals surface area contributed by atoms with E-state index < -0.39 is 0 Å². The maximum absolute atomic E-state index is 13.3. The molecular weight excluding hydrogens is 296 g/mol. The molecule has 0 unspecified atom stereocenters. The molecule has 2 heterocycles. The molecule has 1 aliphatic rings. The van der Waals surface area contributed by atoms with Crippen LogP contribution in [0.4, 0.5) is 4.39 Å². The van der Waals surface area contributed by atoms with Gasteiger partial charge in [-0.1, -0.05) is 0 Å². The number of H-pyrrole nitrogens is 1. The van der Waals surface area contributed by atoms with E-state index in [0.717, 1.165) is 27.6 Å². The number of nitrogens with one attached hydrogen (secondary N) is 1. The van der Waals surface area contributed by atoms with E-state index in [0.29, 0.717) is 11.4 Å². The van der Waals surface area contributed by atoms with Gasteiger partial charge in [-0.25, -0.2) is 4.39 Å². The van der Waals surface area contributed by atoms with Crippen LogP contribution in [0.1, 0.15) is 24.5 Å². The standard InChI is InChI=1S/C9H7FIN3/c10-5-3-12-7(4-1-2-4)6-8(5)13-14-9(6)11/h3-4H,1-2H2,(H,13,14). The van der Waals surface area contributed by atoms with Crippen molar-refractivity contribution in [2.45, 2.75) is 18.8 Å². The molecule has 2 aromatic heterocycles. The molecule has 0 spiro atoms. The van der Waals surface area contributed by atoms with E-state index in [-0.39, 0.29) is 5.82 Å². The quantitative estimate of drug-likeness (QED) is 0.823. The third-order valence-corrected chi connectivity index (χ3v) is 3.27. The Labute approximate surface area is 93.2 Å². The Balaban J connectivity index is 2.38. The van der Waals surface area contributed by atoms with E-state index in [1.807, 2.05) is 0 Å². The number of pyridine rings is 1. The molecule has 2 aromatic rings. The Hall–Kier alpha value is -0.720. The summed E-state index contributed by atoms with van der Waals surface area (Å²) in [6.07, 6.45) is 3.59. The first-order chi connectivity index (χ1) is 6.77. The third-order valence-electron chi connectivity index (χ3n) is 2.49. The van der Waals surface area contributed by atoms with Crippen LogP contribution in [0.5, 0.6) is 0 Å². The maximum atomic E-state index is 13.3. The first-order valence-electron chi connectivity index (χ1n) is 4.45. The molecule has 0 bridgehead atoms. The van der Waals surface area contributed by atoms with Crippen molar-refractivity contribution < 1.29 is 4.39 Å². The number of nitrogens with zero attached hydrogens (tertiary/aromatic N) is 2. The van der Waals surface area contributed by atoms with E-state index >= 15 is 0 Å². The van der Waals surface area contributed by atoms with Crippen LogP contribution in [-0.2, 0) is 0 Å². The Morgan fingerprint density at radius 3 is 3.00 bits per heavy atom. The van der Waals surface area contributed by atoms with Gasteiger partial charge in [0.15, 0.2) is 5.82 Å². The molecule has 0 aromatic carbocycles. The highest BCUT2D eigenvalue weighted by Gasteiger charge is 2.29. The number of fused-ring (bicyclic) bond motifs is 1. The van der Waals surface area contributed by atoms with Crippen LogP contribution in [0, 0.1) is 9.52 Å².